The zero-order valence-corrected chi connectivity index (χ0v) is 12.6. The van der Waals surface area contributed by atoms with Gasteiger partial charge in [-0.3, -0.25) is 4.79 Å². The van der Waals surface area contributed by atoms with Crippen LogP contribution in [0.5, 0.6) is 0 Å². The van der Waals surface area contributed by atoms with Crippen molar-refractivity contribution in [3.05, 3.63) is 0 Å². The molecule has 0 spiro atoms. The normalized spacial score (nSPS) is 26.9. The molecule has 0 aromatic heterocycles. The average molecular weight is 494 g/mol. The minimum atomic E-state index is -8.37. The highest BCUT2D eigenvalue weighted by Gasteiger charge is 2.96. The van der Waals surface area contributed by atoms with Crippen LogP contribution < -0.4 is 0 Å². The molecule has 0 aliphatic carbocycles. The molecule has 1 atom stereocenters. The van der Waals surface area contributed by atoms with Gasteiger partial charge in [0.15, 0.2) is 0 Å². The Morgan fingerprint density at radius 3 is 1.03 bits per heavy atom. The molecule has 0 aromatic rings. The maximum absolute atomic E-state index is 13.7. The molecule has 0 radical (unpaired) electrons. The maximum Gasteiger partial charge on any atom is 0.469 e. The largest absolute Gasteiger partial charge is 0.469 e. The Hall–Kier alpha value is -1.67. The van der Waals surface area contributed by atoms with Gasteiger partial charge < -0.3 is 0 Å². The van der Waals surface area contributed by atoms with Crippen LogP contribution in [-0.2, 0) is 4.79 Å². The number of piperazine rings is 1. The van der Waals surface area contributed by atoms with Gasteiger partial charge in [-0.05, 0) is 0 Å². The standard InChI is InChI=1S/C9F18N2O/c10-1(30)2(11,3(12,13)14)4(15,16)28-5(17,18)7(21,22)29(9(25,26)27)8(23,24)6(28,19)20. The van der Waals surface area contributed by atoms with Gasteiger partial charge in [-0.15, -0.1) is 4.90 Å². The summed E-state index contributed by atoms with van der Waals surface area (Å²) in [6.45, 7) is 0. The van der Waals surface area contributed by atoms with Crippen molar-refractivity contribution in [1.82, 2.24) is 9.80 Å². The topological polar surface area (TPSA) is 23.6 Å². The Bertz CT molecular complexity index is 679. The van der Waals surface area contributed by atoms with Gasteiger partial charge >= 0.3 is 54.4 Å². The van der Waals surface area contributed by atoms with Crippen LogP contribution in [0, 0.1) is 0 Å². The molecule has 3 nitrogen and oxygen atoms in total. The van der Waals surface area contributed by atoms with E-state index in [1.807, 2.05) is 0 Å². The summed E-state index contributed by atoms with van der Waals surface area (Å²) in [6.07, 6.45) is -15.4. The number of rotatable bonds is 3. The zero-order valence-electron chi connectivity index (χ0n) is 12.6. The second kappa shape index (κ2) is 6.19. The van der Waals surface area contributed by atoms with E-state index in [-0.39, 0.29) is 0 Å². The Balaban J connectivity index is 4.07. The summed E-state index contributed by atoms with van der Waals surface area (Å²) < 4.78 is 235. The van der Waals surface area contributed by atoms with E-state index >= 15 is 0 Å². The Labute approximate surface area is 149 Å². The number of halogens is 18. The summed E-state index contributed by atoms with van der Waals surface area (Å²) in [5.41, 5.74) is -7.93. The van der Waals surface area contributed by atoms with Crippen molar-refractivity contribution < 1.29 is 83.8 Å². The van der Waals surface area contributed by atoms with Gasteiger partial charge in [0.25, 0.3) is 0 Å². The van der Waals surface area contributed by atoms with Crippen LogP contribution in [0.4, 0.5) is 79.0 Å². The third-order valence-corrected chi connectivity index (χ3v) is 3.46. The van der Waals surface area contributed by atoms with E-state index in [0.29, 0.717) is 0 Å². The number of nitrogens with zero attached hydrogens (tertiary/aromatic N) is 2. The average Bonchev–Trinajstić information content (AvgIpc) is 2.39. The molecule has 178 valence electrons. The van der Waals surface area contributed by atoms with E-state index in [4.69, 9.17) is 0 Å². The van der Waals surface area contributed by atoms with Gasteiger partial charge in [-0.25, -0.2) is 4.39 Å². The van der Waals surface area contributed by atoms with Gasteiger partial charge in [0.2, 0.25) is 0 Å². The first kappa shape index (κ1) is 26.4. The second-order valence-corrected chi connectivity index (χ2v) is 5.27. The van der Waals surface area contributed by atoms with Crippen LogP contribution in [0.1, 0.15) is 0 Å². The summed E-state index contributed by atoms with van der Waals surface area (Å²) in [5.74, 6) is 0. The van der Waals surface area contributed by atoms with Crippen LogP contribution in [0.15, 0.2) is 0 Å². The molecule has 21 heteroatoms. The summed E-state index contributed by atoms with van der Waals surface area (Å²) in [7, 11) is 0. The highest BCUT2D eigenvalue weighted by atomic mass is 19.4. The molecule has 1 aliphatic rings. The molecule has 1 heterocycles. The minimum Gasteiger partial charge on any atom is -0.257 e. The number of hydrogen-bond acceptors (Lipinski definition) is 3. The zero-order chi connectivity index (χ0) is 24.7. The molecule has 30 heavy (non-hydrogen) atoms. The first-order valence-electron chi connectivity index (χ1n) is 6.20. The molecule has 0 saturated carbocycles. The first-order valence-corrected chi connectivity index (χ1v) is 6.20. The van der Waals surface area contributed by atoms with Gasteiger partial charge in [-0.1, -0.05) is 4.90 Å². The summed E-state index contributed by atoms with van der Waals surface area (Å²) in [5, 5.41) is 0. The van der Waals surface area contributed by atoms with Crippen LogP contribution >= 0.6 is 0 Å². The third kappa shape index (κ3) is 2.90. The first-order chi connectivity index (χ1) is 12.7. The summed E-state index contributed by atoms with van der Waals surface area (Å²) in [6, 6.07) is -45.7. The van der Waals surface area contributed by atoms with Crippen molar-refractivity contribution in [3.8, 4) is 0 Å². The molecule has 1 rings (SSSR count). The van der Waals surface area contributed by atoms with Crippen LogP contribution in [0.2, 0.25) is 0 Å². The van der Waals surface area contributed by atoms with E-state index in [0.717, 1.165) is 0 Å². The molecule has 1 unspecified atom stereocenters. The Morgan fingerprint density at radius 1 is 0.567 bits per heavy atom. The van der Waals surface area contributed by atoms with Crippen molar-refractivity contribution in [2.45, 2.75) is 48.4 Å². The van der Waals surface area contributed by atoms with Crippen molar-refractivity contribution >= 4 is 6.04 Å². The van der Waals surface area contributed by atoms with E-state index < -0.39 is 64.2 Å². The summed E-state index contributed by atoms with van der Waals surface area (Å²) >= 11 is 0. The number of carbonyl (C=O) groups is 1. The van der Waals surface area contributed by atoms with Crippen molar-refractivity contribution in [1.29, 1.82) is 0 Å². The molecule has 1 aliphatic heterocycles. The highest BCUT2D eigenvalue weighted by Crippen LogP contribution is 2.65. The van der Waals surface area contributed by atoms with Crippen LogP contribution in [0.25, 0.3) is 0 Å². The summed E-state index contributed by atoms with van der Waals surface area (Å²) in [4.78, 5) is 1.15. The smallest absolute Gasteiger partial charge is 0.257 e. The van der Waals surface area contributed by atoms with Crippen LogP contribution in [0.3, 0.4) is 0 Å². The third-order valence-electron chi connectivity index (χ3n) is 3.46. The lowest BCUT2D eigenvalue weighted by Crippen LogP contribution is -2.87. The predicted octanol–water partition coefficient (Wildman–Crippen LogP) is 4.85. The Morgan fingerprint density at radius 2 is 0.833 bits per heavy atom. The number of hydrogen-bond donors (Lipinski definition) is 0. The van der Waals surface area contributed by atoms with Gasteiger partial charge in [0.1, 0.15) is 0 Å². The molecule has 1 saturated heterocycles. The van der Waals surface area contributed by atoms with Crippen LogP contribution in [-0.4, -0.2) is 64.2 Å². The fraction of sp³-hybridized carbons (Fsp3) is 0.889. The monoisotopic (exact) mass is 494 g/mol. The molecule has 0 amide bonds. The van der Waals surface area contributed by atoms with E-state index in [1.54, 1.807) is 0 Å². The Kier molecular flexibility index (Phi) is 5.44. The molecular formula is C9F18N2O. The van der Waals surface area contributed by atoms with Gasteiger partial charge in [-0.2, -0.15) is 74.6 Å². The van der Waals surface area contributed by atoms with Gasteiger partial charge in [0, 0.05) is 0 Å². The molecule has 0 N–H and O–H groups in total. The fourth-order valence-corrected chi connectivity index (χ4v) is 2.12. The molecule has 0 bridgehead atoms. The SMILES string of the molecule is O=C(F)C(F)(C(F)(F)F)C(F)(F)N1C(F)(F)C(F)(F)N(C(F)(F)F)C(F)(F)C1(F)F. The highest BCUT2D eigenvalue weighted by molar-refractivity contribution is 5.81. The molecular weight excluding hydrogens is 494 g/mol. The predicted molar refractivity (Wildman–Crippen MR) is 50.5 cm³/mol. The van der Waals surface area contributed by atoms with E-state index in [2.05, 4.69) is 0 Å². The molecule has 0 aromatic carbocycles. The second-order valence-electron chi connectivity index (χ2n) is 5.27. The quantitative estimate of drug-likeness (QED) is 0.319. The van der Waals surface area contributed by atoms with Crippen molar-refractivity contribution in [2.24, 2.45) is 0 Å². The maximum atomic E-state index is 13.7. The van der Waals surface area contributed by atoms with E-state index in [9.17, 15) is 83.8 Å². The lowest BCUT2D eigenvalue weighted by atomic mass is 9.99. The number of alkyl halides is 17. The molecule has 1 fully saturated rings. The van der Waals surface area contributed by atoms with E-state index in [1.165, 1.54) is 0 Å². The lowest BCUT2D eigenvalue weighted by molar-refractivity contribution is -0.578. The number of carbonyl (C=O) groups excluding carboxylic acids is 1. The fourth-order valence-electron chi connectivity index (χ4n) is 2.12. The lowest BCUT2D eigenvalue weighted by Gasteiger charge is -2.55. The van der Waals surface area contributed by atoms with Gasteiger partial charge in [0.05, 0.1) is 0 Å². The van der Waals surface area contributed by atoms with Crippen molar-refractivity contribution in [3.63, 3.8) is 0 Å². The minimum absolute atomic E-state index is 4.27. The van der Waals surface area contributed by atoms with Crippen molar-refractivity contribution in [2.75, 3.05) is 0 Å².